The van der Waals surface area contributed by atoms with E-state index in [0.717, 1.165) is 32.1 Å². The monoisotopic (exact) mass is 248 g/mol. The van der Waals surface area contributed by atoms with Crippen LogP contribution in [0.3, 0.4) is 0 Å². The third-order valence-electron chi connectivity index (χ3n) is 3.38. The molecule has 0 saturated heterocycles. The van der Waals surface area contributed by atoms with Gasteiger partial charge in [-0.3, -0.25) is 0 Å². The van der Waals surface area contributed by atoms with Gasteiger partial charge in [-0.1, -0.05) is 50.6 Å². The van der Waals surface area contributed by atoms with E-state index in [4.69, 9.17) is 0 Å². The Morgan fingerprint density at radius 3 is 2.61 bits per heavy atom. The Bertz CT molecular complexity index is 297. The number of nitrogens with one attached hydrogen (secondary N) is 1. The van der Waals surface area contributed by atoms with Gasteiger partial charge in [0.05, 0.1) is 0 Å². The van der Waals surface area contributed by atoms with Crippen LogP contribution in [0.25, 0.3) is 0 Å². The highest BCUT2D eigenvalue weighted by atomic mass is 15.1. The Kier molecular flexibility index (Phi) is 7.70. The number of hydrogen-bond donors (Lipinski definition) is 1. The van der Waals surface area contributed by atoms with Crippen LogP contribution in [0.15, 0.2) is 30.3 Å². The van der Waals surface area contributed by atoms with E-state index in [0.29, 0.717) is 0 Å². The number of rotatable bonds is 9. The first kappa shape index (κ1) is 15.2. The second-order valence-corrected chi connectivity index (χ2v) is 5.29. The van der Waals surface area contributed by atoms with Gasteiger partial charge in [0.1, 0.15) is 0 Å². The Labute approximate surface area is 112 Å². The summed E-state index contributed by atoms with van der Waals surface area (Å²) in [4.78, 5) is 2.39. The molecular weight excluding hydrogens is 220 g/mol. The van der Waals surface area contributed by atoms with Gasteiger partial charge in [0, 0.05) is 6.54 Å². The van der Waals surface area contributed by atoms with Crippen molar-refractivity contribution in [3.05, 3.63) is 35.9 Å². The van der Waals surface area contributed by atoms with Crippen LogP contribution < -0.4 is 5.32 Å². The van der Waals surface area contributed by atoms with E-state index in [1.54, 1.807) is 0 Å². The maximum absolute atomic E-state index is 3.53. The van der Waals surface area contributed by atoms with Crippen molar-refractivity contribution in [1.29, 1.82) is 0 Å². The highest BCUT2D eigenvalue weighted by Crippen LogP contribution is 2.02. The molecule has 1 aromatic rings. The van der Waals surface area contributed by atoms with Crippen LogP contribution in [0.2, 0.25) is 0 Å². The number of nitrogens with zero attached hydrogens (tertiary/aromatic N) is 1. The average Bonchev–Trinajstić information content (AvgIpc) is 2.39. The summed E-state index contributed by atoms with van der Waals surface area (Å²) in [6.07, 6.45) is 2.49. The average molecular weight is 248 g/mol. The molecule has 1 N–H and O–H groups in total. The van der Waals surface area contributed by atoms with Crippen LogP contribution in [-0.4, -0.2) is 31.6 Å². The summed E-state index contributed by atoms with van der Waals surface area (Å²) in [7, 11) is 2.20. The standard InChI is InChI=1S/C16H28N2/c1-4-15(2)13-17-11-8-12-18(3)14-16-9-6-5-7-10-16/h5-7,9-10,15,17H,4,8,11-14H2,1-3H3. The molecule has 0 aliphatic rings. The predicted octanol–water partition coefficient (Wildman–Crippen LogP) is 3.14. The molecule has 1 atom stereocenters. The zero-order chi connectivity index (χ0) is 13.2. The molecule has 102 valence electrons. The Balaban J connectivity index is 2.05. The van der Waals surface area contributed by atoms with Gasteiger partial charge in [-0.05, 0) is 44.6 Å². The van der Waals surface area contributed by atoms with Crippen LogP contribution in [0.4, 0.5) is 0 Å². The van der Waals surface area contributed by atoms with Crippen molar-refractivity contribution in [2.45, 2.75) is 33.2 Å². The van der Waals surface area contributed by atoms with Crippen LogP contribution in [-0.2, 0) is 6.54 Å². The van der Waals surface area contributed by atoms with E-state index in [9.17, 15) is 0 Å². The SMILES string of the molecule is CCC(C)CNCCCN(C)Cc1ccccc1. The van der Waals surface area contributed by atoms with Gasteiger partial charge in [0.2, 0.25) is 0 Å². The van der Waals surface area contributed by atoms with Gasteiger partial charge in [-0.2, -0.15) is 0 Å². The molecule has 1 unspecified atom stereocenters. The minimum absolute atomic E-state index is 0.798. The second-order valence-electron chi connectivity index (χ2n) is 5.29. The van der Waals surface area contributed by atoms with Crippen molar-refractivity contribution in [2.75, 3.05) is 26.7 Å². The summed E-state index contributed by atoms with van der Waals surface area (Å²) in [5.74, 6) is 0.798. The highest BCUT2D eigenvalue weighted by Gasteiger charge is 2.00. The lowest BCUT2D eigenvalue weighted by atomic mass is 10.1. The van der Waals surface area contributed by atoms with Crippen molar-refractivity contribution < 1.29 is 0 Å². The summed E-state index contributed by atoms with van der Waals surface area (Å²) in [6.45, 7) is 9.03. The second kappa shape index (κ2) is 9.12. The Hall–Kier alpha value is -0.860. The van der Waals surface area contributed by atoms with Crippen molar-refractivity contribution in [3.63, 3.8) is 0 Å². The Morgan fingerprint density at radius 1 is 1.22 bits per heavy atom. The molecule has 0 bridgehead atoms. The lowest BCUT2D eigenvalue weighted by molar-refractivity contribution is 0.318. The van der Waals surface area contributed by atoms with Gasteiger partial charge >= 0.3 is 0 Å². The van der Waals surface area contributed by atoms with Gasteiger partial charge in [-0.25, -0.2) is 0 Å². The molecule has 0 aromatic heterocycles. The van der Waals surface area contributed by atoms with Crippen molar-refractivity contribution in [2.24, 2.45) is 5.92 Å². The maximum Gasteiger partial charge on any atom is 0.0230 e. The Morgan fingerprint density at radius 2 is 1.94 bits per heavy atom. The summed E-state index contributed by atoms with van der Waals surface area (Å²) < 4.78 is 0. The van der Waals surface area contributed by atoms with E-state index in [-0.39, 0.29) is 0 Å². The molecule has 0 aliphatic heterocycles. The lowest BCUT2D eigenvalue weighted by Gasteiger charge is -2.17. The van der Waals surface area contributed by atoms with E-state index in [2.05, 4.69) is 61.4 Å². The van der Waals surface area contributed by atoms with Crippen molar-refractivity contribution in [3.8, 4) is 0 Å². The fraction of sp³-hybridized carbons (Fsp3) is 0.625. The molecule has 1 rings (SSSR count). The summed E-state index contributed by atoms with van der Waals surface area (Å²) in [6, 6.07) is 10.7. The maximum atomic E-state index is 3.53. The molecule has 0 amide bonds. The summed E-state index contributed by atoms with van der Waals surface area (Å²) in [5, 5.41) is 3.53. The largest absolute Gasteiger partial charge is 0.316 e. The first-order chi connectivity index (χ1) is 8.72. The van der Waals surface area contributed by atoms with Crippen LogP contribution in [0, 0.1) is 5.92 Å². The quantitative estimate of drug-likeness (QED) is 0.675. The highest BCUT2D eigenvalue weighted by molar-refractivity contribution is 5.14. The smallest absolute Gasteiger partial charge is 0.0230 e. The first-order valence-corrected chi connectivity index (χ1v) is 7.15. The van der Waals surface area contributed by atoms with E-state index in [1.807, 2.05) is 0 Å². The summed E-state index contributed by atoms with van der Waals surface area (Å²) >= 11 is 0. The third-order valence-corrected chi connectivity index (χ3v) is 3.38. The lowest BCUT2D eigenvalue weighted by Crippen LogP contribution is -2.26. The molecule has 0 radical (unpaired) electrons. The fourth-order valence-electron chi connectivity index (χ4n) is 1.94. The number of benzene rings is 1. The number of hydrogen-bond acceptors (Lipinski definition) is 2. The predicted molar refractivity (Wildman–Crippen MR) is 79.7 cm³/mol. The van der Waals surface area contributed by atoms with E-state index in [1.165, 1.54) is 18.4 Å². The van der Waals surface area contributed by atoms with Gasteiger partial charge in [0.25, 0.3) is 0 Å². The molecule has 1 aromatic carbocycles. The summed E-state index contributed by atoms with van der Waals surface area (Å²) in [5.41, 5.74) is 1.40. The molecular formula is C16H28N2. The topological polar surface area (TPSA) is 15.3 Å². The van der Waals surface area contributed by atoms with Crippen molar-refractivity contribution in [1.82, 2.24) is 10.2 Å². The minimum atomic E-state index is 0.798. The van der Waals surface area contributed by atoms with Gasteiger partial charge < -0.3 is 10.2 Å². The molecule has 0 heterocycles. The molecule has 2 nitrogen and oxygen atoms in total. The normalized spacial score (nSPS) is 12.9. The third kappa shape index (κ3) is 6.77. The van der Waals surface area contributed by atoms with E-state index < -0.39 is 0 Å². The van der Waals surface area contributed by atoms with Gasteiger partial charge in [-0.15, -0.1) is 0 Å². The molecule has 0 spiro atoms. The molecule has 0 fully saturated rings. The zero-order valence-electron chi connectivity index (χ0n) is 12.2. The zero-order valence-corrected chi connectivity index (χ0v) is 12.2. The minimum Gasteiger partial charge on any atom is -0.316 e. The molecule has 2 heteroatoms. The fourth-order valence-corrected chi connectivity index (χ4v) is 1.94. The van der Waals surface area contributed by atoms with Crippen LogP contribution >= 0.6 is 0 Å². The molecule has 18 heavy (non-hydrogen) atoms. The van der Waals surface area contributed by atoms with Gasteiger partial charge in [0.15, 0.2) is 0 Å². The van der Waals surface area contributed by atoms with Crippen LogP contribution in [0.5, 0.6) is 0 Å². The van der Waals surface area contributed by atoms with Crippen molar-refractivity contribution >= 4 is 0 Å². The first-order valence-electron chi connectivity index (χ1n) is 7.15. The van der Waals surface area contributed by atoms with Crippen LogP contribution in [0.1, 0.15) is 32.3 Å². The van der Waals surface area contributed by atoms with E-state index >= 15 is 0 Å². The molecule has 0 aliphatic carbocycles. The molecule has 0 saturated carbocycles.